The molecule has 0 radical (unpaired) electrons. The van der Waals surface area contributed by atoms with Gasteiger partial charge < -0.3 is 0 Å². The molecule has 0 saturated carbocycles. The van der Waals surface area contributed by atoms with Gasteiger partial charge in [0.1, 0.15) is 17.5 Å². The predicted octanol–water partition coefficient (Wildman–Crippen LogP) is 1.43. The Bertz CT molecular complexity index is 552. The average Bonchev–Trinajstić information content (AvgIpc) is 2.13. The van der Waals surface area contributed by atoms with E-state index >= 15 is 0 Å². The highest BCUT2D eigenvalue weighted by Crippen LogP contribution is 2.23. The molecule has 1 N–H and O–H groups in total. The largest absolute Gasteiger partial charge is 0.697 e. The third-order valence-corrected chi connectivity index (χ3v) is 3.20. The fraction of sp³-hybridized carbons (Fsp3) is 0.143. The zero-order valence-corrected chi connectivity index (χ0v) is 10.1. The summed E-state index contributed by atoms with van der Waals surface area (Å²) in [4.78, 5) is 6.67. The molecule has 1 rings (SSSR count). The summed E-state index contributed by atoms with van der Waals surface area (Å²) in [6, 6.07) is 0.291. The van der Waals surface area contributed by atoms with Gasteiger partial charge in [0.05, 0.1) is 0 Å². The third kappa shape index (κ3) is 3.72. The number of rotatable bonds is 5. The van der Waals surface area contributed by atoms with E-state index in [1.54, 1.807) is 0 Å². The molecule has 1 unspecified atom stereocenters. The standard InChI is InChI=1S/C7H4F3O6PS/c8-4-1-5(9)7(6(10)2-4)18(13,14)16-3-15-17(11)12/h1-2H,3H2/p+1. The number of hydrogen-bond donors (Lipinski definition) is 1. The van der Waals surface area contributed by atoms with Crippen molar-refractivity contribution in [2.45, 2.75) is 4.90 Å². The van der Waals surface area contributed by atoms with Crippen molar-refractivity contribution >= 4 is 18.4 Å². The van der Waals surface area contributed by atoms with Crippen LogP contribution < -0.4 is 0 Å². The van der Waals surface area contributed by atoms with Crippen LogP contribution in [0.25, 0.3) is 0 Å². The van der Waals surface area contributed by atoms with Crippen molar-refractivity contribution in [2.24, 2.45) is 0 Å². The normalized spacial score (nSPS) is 12.6. The Hall–Kier alpha value is -1.06. The van der Waals surface area contributed by atoms with Gasteiger partial charge in [-0.05, 0) is 0 Å². The molecule has 0 amide bonds. The van der Waals surface area contributed by atoms with Crippen molar-refractivity contribution in [1.29, 1.82) is 0 Å². The molecule has 0 aliphatic rings. The third-order valence-electron chi connectivity index (χ3n) is 1.58. The smallest absolute Gasteiger partial charge is 0.232 e. The molecule has 100 valence electrons. The lowest BCUT2D eigenvalue weighted by Crippen LogP contribution is -2.12. The van der Waals surface area contributed by atoms with Crippen molar-refractivity contribution < 1.29 is 39.8 Å². The van der Waals surface area contributed by atoms with Gasteiger partial charge in [-0.25, -0.2) is 17.4 Å². The molecule has 1 atom stereocenters. The van der Waals surface area contributed by atoms with Crippen LogP contribution in [0.3, 0.4) is 0 Å². The van der Waals surface area contributed by atoms with E-state index in [-0.39, 0.29) is 12.1 Å². The van der Waals surface area contributed by atoms with Crippen LogP contribution in [0.15, 0.2) is 17.0 Å². The lowest BCUT2D eigenvalue weighted by Gasteiger charge is -2.05. The molecule has 0 aliphatic carbocycles. The van der Waals surface area contributed by atoms with Gasteiger partial charge in [-0.15, -0.1) is 4.89 Å². The highest BCUT2D eigenvalue weighted by atomic mass is 32.2. The van der Waals surface area contributed by atoms with Crippen LogP contribution in [0.1, 0.15) is 0 Å². The van der Waals surface area contributed by atoms with Crippen molar-refractivity contribution in [3.63, 3.8) is 0 Å². The van der Waals surface area contributed by atoms with E-state index in [1.165, 1.54) is 0 Å². The fourth-order valence-corrected chi connectivity index (χ4v) is 2.06. The van der Waals surface area contributed by atoms with Crippen LogP contribution >= 0.6 is 8.25 Å². The van der Waals surface area contributed by atoms with Crippen molar-refractivity contribution in [1.82, 2.24) is 0 Å². The molecular formula is C7H5F3O6PS+. The summed E-state index contributed by atoms with van der Waals surface area (Å²) >= 11 is 0. The maximum absolute atomic E-state index is 13.1. The highest BCUT2D eigenvalue weighted by Gasteiger charge is 2.27. The zero-order valence-electron chi connectivity index (χ0n) is 8.34. The topological polar surface area (TPSA) is 89.9 Å². The van der Waals surface area contributed by atoms with Gasteiger partial charge in [-0.3, -0.25) is 0 Å². The summed E-state index contributed by atoms with van der Waals surface area (Å²) in [5.41, 5.74) is 0. The summed E-state index contributed by atoms with van der Waals surface area (Å²) in [6.45, 7) is -1.22. The Labute approximate surface area is 100 Å². The first-order valence-electron chi connectivity index (χ1n) is 4.07. The van der Waals surface area contributed by atoms with Crippen LogP contribution in [0.5, 0.6) is 0 Å². The molecule has 0 aliphatic heterocycles. The van der Waals surface area contributed by atoms with Gasteiger partial charge in [0.2, 0.25) is 6.79 Å². The van der Waals surface area contributed by atoms with E-state index < -0.39 is 47.5 Å². The minimum Gasteiger partial charge on any atom is -0.232 e. The number of benzene rings is 1. The minimum absolute atomic E-state index is 0.146. The molecule has 18 heavy (non-hydrogen) atoms. The Kier molecular flexibility index (Phi) is 4.77. The van der Waals surface area contributed by atoms with E-state index in [1.807, 2.05) is 0 Å². The fourth-order valence-electron chi connectivity index (χ4n) is 0.957. The summed E-state index contributed by atoms with van der Waals surface area (Å²) in [5, 5.41) is 0. The highest BCUT2D eigenvalue weighted by molar-refractivity contribution is 7.86. The van der Waals surface area contributed by atoms with Gasteiger partial charge in [0, 0.05) is 16.7 Å². The van der Waals surface area contributed by atoms with Crippen LogP contribution in [-0.2, 0) is 23.4 Å². The van der Waals surface area contributed by atoms with Crippen molar-refractivity contribution in [3.8, 4) is 0 Å². The van der Waals surface area contributed by atoms with E-state index in [0.29, 0.717) is 0 Å². The maximum Gasteiger partial charge on any atom is 0.697 e. The van der Waals surface area contributed by atoms with Gasteiger partial charge in [-0.2, -0.15) is 8.42 Å². The summed E-state index contributed by atoms with van der Waals surface area (Å²) in [6.07, 6.45) is 0. The Morgan fingerprint density at radius 1 is 1.22 bits per heavy atom. The summed E-state index contributed by atoms with van der Waals surface area (Å²) in [5.74, 6) is -4.69. The summed E-state index contributed by atoms with van der Waals surface area (Å²) < 4.78 is 79.2. The zero-order chi connectivity index (χ0) is 13.9. The molecule has 0 heterocycles. The van der Waals surface area contributed by atoms with Gasteiger partial charge in [0.15, 0.2) is 4.90 Å². The van der Waals surface area contributed by atoms with Gasteiger partial charge in [-0.1, -0.05) is 4.52 Å². The molecule has 0 saturated heterocycles. The second-order valence-corrected chi connectivity index (χ2v) is 5.04. The number of halogens is 3. The molecular weight excluding hydrogens is 300 g/mol. The van der Waals surface area contributed by atoms with Crippen molar-refractivity contribution in [3.05, 3.63) is 29.6 Å². The predicted molar refractivity (Wildman–Crippen MR) is 50.4 cm³/mol. The average molecular weight is 305 g/mol. The number of hydrogen-bond acceptors (Lipinski definition) is 5. The molecule has 1 aromatic rings. The second-order valence-electron chi connectivity index (χ2n) is 2.76. The van der Waals surface area contributed by atoms with Crippen LogP contribution in [0.2, 0.25) is 0 Å². The van der Waals surface area contributed by atoms with Crippen LogP contribution in [0.4, 0.5) is 13.2 Å². The van der Waals surface area contributed by atoms with E-state index in [9.17, 15) is 26.2 Å². The van der Waals surface area contributed by atoms with E-state index in [2.05, 4.69) is 8.71 Å². The Morgan fingerprint density at radius 2 is 1.72 bits per heavy atom. The molecule has 6 nitrogen and oxygen atoms in total. The molecule has 1 aromatic carbocycles. The minimum atomic E-state index is -4.92. The maximum atomic E-state index is 13.1. The Morgan fingerprint density at radius 3 is 2.17 bits per heavy atom. The lowest BCUT2D eigenvalue weighted by molar-refractivity contribution is 0.120. The second kappa shape index (κ2) is 5.72. The first-order valence-corrected chi connectivity index (χ1v) is 6.61. The van der Waals surface area contributed by atoms with Gasteiger partial charge in [0.25, 0.3) is 0 Å². The lowest BCUT2D eigenvalue weighted by atomic mass is 10.3. The molecule has 11 heteroatoms. The molecule has 0 fully saturated rings. The van der Waals surface area contributed by atoms with Crippen LogP contribution in [0, 0.1) is 17.5 Å². The van der Waals surface area contributed by atoms with Gasteiger partial charge >= 0.3 is 18.4 Å². The van der Waals surface area contributed by atoms with Crippen molar-refractivity contribution in [2.75, 3.05) is 6.79 Å². The Balaban J connectivity index is 3.02. The molecule has 0 bridgehead atoms. The first kappa shape index (κ1) is 15.0. The van der Waals surface area contributed by atoms with Crippen LogP contribution in [-0.4, -0.2) is 20.1 Å². The monoisotopic (exact) mass is 305 g/mol. The quantitative estimate of drug-likeness (QED) is 0.503. The first-order chi connectivity index (χ1) is 8.24. The van der Waals surface area contributed by atoms with E-state index in [0.717, 1.165) is 0 Å². The van der Waals surface area contributed by atoms with E-state index in [4.69, 9.17) is 4.89 Å². The molecule has 0 aromatic heterocycles. The SMILES string of the molecule is O=[P+](O)OCOS(=O)(=O)c1c(F)cc(F)cc1F. The summed E-state index contributed by atoms with van der Waals surface area (Å²) in [7, 11) is -8.05. The molecule has 0 spiro atoms.